The summed E-state index contributed by atoms with van der Waals surface area (Å²) in [6, 6.07) is 11.7. The second-order valence-corrected chi connectivity index (χ2v) is 9.19. The summed E-state index contributed by atoms with van der Waals surface area (Å²) in [6.45, 7) is 0. The third kappa shape index (κ3) is 3.48. The minimum Gasteiger partial charge on any atom is -0.311 e. The topological polar surface area (TPSA) is 69.7 Å². The molecule has 0 aromatic heterocycles. The summed E-state index contributed by atoms with van der Waals surface area (Å²) in [6.07, 6.45) is 0. The van der Waals surface area contributed by atoms with Gasteiger partial charge in [-0.1, -0.05) is 45.4 Å². The van der Waals surface area contributed by atoms with E-state index in [1.54, 1.807) is 37.4 Å². The van der Waals surface area contributed by atoms with Crippen molar-refractivity contribution < 1.29 is 14.4 Å². The first kappa shape index (κ1) is 20.1. The Labute approximate surface area is 189 Å². The zero-order valence-electron chi connectivity index (χ0n) is 14.7. The first-order valence-corrected chi connectivity index (χ1v) is 10.6. The molecule has 1 saturated heterocycles. The minimum atomic E-state index is -0.556. The number of rotatable bonds is 2. The van der Waals surface area contributed by atoms with Gasteiger partial charge in [0, 0.05) is 27.7 Å². The minimum absolute atomic E-state index is 0.131. The fourth-order valence-electron chi connectivity index (χ4n) is 3.02. The molecule has 2 aliphatic rings. The number of benzene rings is 2. The number of thiocarbonyl (C=S) groups is 1. The van der Waals surface area contributed by atoms with E-state index in [9.17, 15) is 14.4 Å². The van der Waals surface area contributed by atoms with Crippen molar-refractivity contribution in [1.82, 2.24) is 10.4 Å². The third-order valence-electron chi connectivity index (χ3n) is 4.40. The van der Waals surface area contributed by atoms with E-state index in [4.69, 9.17) is 23.8 Å². The number of carbonyl (C=O) groups excluding carboxylic acids is 3. The average Bonchev–Trinajstić information content (AvgIpc) is 3.09. The fraction of sp³-hybridized carbons (Fsp3) is 0.0526. The SMILES string of the molecule is CN1C(=O)/C(=C2\SC(=S)N(NC(=O)c3cccc(Cl)c3)C2=O)c2cc(Br)ccc21. The van der Waals surface area contributed by atoms with Gasteiger partial charge in [0.25, 0.3) is 17.7 Å². The van der Waals surface area contributed by atoms with Crippen molar-refractivity contribution in [3.05, 3.63) is 68.0 Å². The van der Waals surface area contributed by atoms with Crippen LogP contribution < -0.4 is 10.3 Å². The number of thioether (sulfide) groups is 1. The maximum atomic E-state index is 13.0. The number of halogens is 2. The van der Waals surface area contributed by atoms with Gasteiger partial charge in [-0.05, 0) is 48.6 Å². The molecule has 0 aliphatic carbocycles. The van der Waals surface area contributed by atoms with Crippen molar-refractivity contribution in [3.63, 3.8) is 0 Å². The Morgan fingerprint density at radius 2 is 1.93 bits per heavy atom. The lowest BCUT2D eigenvalue weighted by molar-refractivity contribution is -0.124. The summed E-state index contributed by atoms with van der Waals surface area (Å²) in [7, 11) is 1.64. The lowest BCUT2D eigenvalue weighted by Crippen LogP contribution is -2.45. The monoisotopic (exact) mass is 507 g/mol. The van der Waals surface area contributed by atoms with Gasteiger partial charge < -0.3 is 4.90 Å². The van der Waals surface area contributed by atoms with Crippen molar-refractivity contribution in [1.29, 1.82) is 0 Å². The normalized spacial score (nSPS) is 18.5. The lowest BCUT2D eigenvalue weighted by atomic mass is 10.1. The predicted octanol–water partition coefficient (Wildman–Crippen LogP) is 4.00. The molecule has 6 nitrogen and oxygen atoms in total. The van der Waals surface area contributed by atoms with Crippen molar-refractivity contribution >= 4 is 84.8 Å². The smallest absolute Gasteiger partial charge is 0.286 e. The van der Waals surface area contributed by atoms with Crippen molar-refractivity contribution in [2.75, 3.05) is 11.9 Å². The highest BCUT2D eigenvalue weighted by Gasteiger charge is 2.42. The van der Waals surface area contributed by atoms with Crippen LogP contribution in [-0.4, -0.2) is 34.1 Å². The highest BCUT2D eigenvalue weighted by atomic mass is 79.9. The molecule has 0 bridgehead atoms. The van der Waals surface area contributed by atoms with Gasteiger partial charge in [-0.15, -0.1) is 0 Å². The zero-order valence-corrected chi connectivity index (χ0v) is 18.7. The van der Waals surface area contributed by atoms with Crippen molar-refractivity contribution in [3.8, 4) is 0 Å². The molecule has 0 radical (unpaired) electrons. The van der Waals surface area contributed by atoms with E-state index in [0.29, 0.717) is 16.3 Å². The molecule has 0 saturated carbocycles. The van der Waals surface area contributed by atoms with Gasteiger partial charge in [0.15, 0.2) is 4.32 Å². The number of amides is 3. The van der Waals surface area contributed by atoms with Gasteiger partial charge in [-0.2, -0.15) is 5.01 Å². The molecule has 0 unspecified atom stereocenters. The zero-order chi connectivity index (χ0) is 20.9. The quantitative estimate of drug-likeness (QED) is 0.491. The molecule has 1 N–H and O–H groups in total. The number of fused-ring (bicyclic) bond motifs is 1. The Bertz CT molecular complexity index is 1150. The number of anilines is 1. The van der Waals surface area contributed by atoms with E-state index in [1.807, 2.05) is 6.07 Å². The largest absolute Gasteiger partial charge is 0.311 e. The standard InChI is InChI=1S/C19H11BrClN3O3S2/c1-23-13-6-5-10(20)8-12(13)14(17(23)26)15-18(27)24(19(28)29-15)22-16(25)9-3-2-4-11(21)7-9/h2-8H,1H3,(H,22,25)/b15-14-. The summed E-state index contributed by atoms with van der Waals surface area (Å²) in [5, 5.41) is 1.38. The van der Waals surface area contributed by atoms with Crippen LogP contribution in [0.4, 0.5) is 5.69 Å². The Balaban J connectivity index is 1.69. The van der Waals surface area contributed by atoms with Crippen LogP contribution >= 0.6 is 51.5 Å². The van der Waals surface area contributed by atoms with Crippen LogP contribution in [0.15, 0.2) is 51.8 Å². The van der Waals surface area contributed by atoms with E-state index in [-0.39, 0.29) is 26.3 Å². The molecule has 2 heterocycles. The summed E-state index contributed by atoms with van der Waals surface area (Å²) >= 11 is 15.6. The van der Waals surface area contributed by atoms with Crippen LogP contribution in [0, 0.1) is 0 Å². The molecular formula is C19H11BrClN3O3S2. The molecule has 10 heteroatoms. The van der Waals surface area contributed by atoms with Gasteiger partial charge in [-0.25, -0.2) is 0 Å². The van der Waals surface area contributed by atoms with Crippen LogP contribution in [0.1, 0.15) is 15.9 Å². The Morgan fingerprint density at radius 1 is 1.17 bits per heavy atom. The Kier molecular flexibility index (Phi) is 5.24. The molecule has 4 rings (SSSR count). The number of nitrogens with zero attached hydrogens (tertiary/aromatic N) is 2. The van der Waals surface area contributed by atoms with E-state index in [2.05, 4.69) is 21.4 Å². The number of nitrogens with one attached hydrogen (secondary N) is 1. The molecule has 0 spiro atoms. The molecular weight excluding hydrogens is 498 g/mol. The van der Waals surface area contributed by atoms with Crippen LogP contribution in [0.3, 0.4) is 0 Å². The fourth-order valence-corrected chi connectivity index (χ4v) is 4.83. The van der Waals surface area contributed by atoms with Crippen LogP contribution in [0.2, 0.25) is 5.02 Å². The maximum Gasteiger partial charge on any atom is 0.286 e. The second-order valence-electron chi connectivity index (χ2n) is 6.19. The number of hydrazine groups is 1. The molecule has 29 heavy (non-hydrogen) atoms. The van der Waals surface area contributed by atoms with Crippen LogP contribution in [0.5, 0.6) is 0 Å². The van der Waals surface area contributed by atoms with E-state index in [0.717, 1.165) is 21.2 Å². The first-order chi connectivity index (χ1) is 13.8. The molecule has 2 aromatic carbocycles. The van der Waals surface area contributed by atoms with E-state index < -0.39 is 11.8 Å². The molecule has 2 aliphatic heterocycles. The van der Waals surface area contributed by atoms with Gasteiger partial charge in [0.2, 0.25) is 0 Å². The van der Waals surface area contributed by atoms with Gasteiger partial charge in [-0.3, -0.25) is 19.8 Å². The number of hydrogen-bond donors (Lipinski definition) is 1. The highest BCUT2D eigenvalue weighted by molar-refractivity contribution is 9.10. The molecule has 1 fully saturated rings. The van der Waals surface area contributed by atoms with Gasteiger partial charge >= 0.3 is 0 Å². The molecule has 3 amide bonds. The van der Waals surface area contributed by atoms with E-state index in [1.165, 1.54) is 11.0 Å². The summed E-state index contributed by atoms with van der Waals surface area (Å²) in [5.74, 6) is -1.40. The van der Waals surface area contributed by atoms with E-state index >= 15 is 0 Å². The number of carbonyl (C=O) groups is 3. The molecule has 0 atom stereocenters. The first-order valence-electron chi connectivity index (χ1n) is 8.23. The van der Waals surface area contributed by atoms with Crippen LogP contribution in [0.25, 0.3) is 5.57 Å². The van der Waals surface area contributed by atoms with Crippen molar-refractivity contribution in [2.45, 2.75) is 0 Å². The molecule has 146 valence electrons. The van der Waals surface area contributed by atoms with Crippen LogP contribution in [-0.2, 0) is 9.59 Å². The summed E-state index contributed by atoms with van der Waals surface area (Å²) < 4.78 is 0.911. The number of likely N-dealkylation sites (N-methyl/N-ethyl adjacent to an activating group) is 1. The van der Waals surface area contributed by atoms with Gasteiger partial charge in [0.05, 0.1) is 16.2 Å². The van der Waals surface area contributed by atoms with Crippen molar-refractivity contribution in [2.24, 2.45) is 0 Å². The highest BCUT2D eigenvalue weighted by Crippen LogP contribution is 2.44. The number of hydrogen-bond acceptors (Lipinski definition) is 5. The van der Waals surface area contributed by atoms with Gasteiger partial charge in [0.1, 0.15) is 0 Å². The maximum absolute atomic E-state index is 13.0. The molecule has 2 aromatic rings. The Morgan fingerprint density at radius 3 is 2.66 bits per heavy atom. The third-order valence-corrected chi connectivity index (χ3v) is 6.51. The average molecular weight is 509 g/mol. The predicted molar refractivity (Wildman–Crippen MR) is 120 cm³/mol. The summed E-state index contributed by atoms with van der Waals surface area (Å²) in [5.41, 5.74) is 4.37. The Hall–Kier alpha value is -2.20. The summed E-state index contributed by atoms with van der Waals surface area (Å²) in [4.78, 5) is 40.0. The second kappa shape index (κ2) is 7.56. The lowest BCUT2D eigenvalue weighted by Gasteiger charge is -2.15.